The zero-order chi connectivity index (χ0) is 47.1. The first-order valence-corrected chi connectivity index (χ1v) is 24.3. The number of para-hydroxylation sites is 4. The van der Waals surface area contributed by atoms with Gasteiger partial charge in [-0.15, -0.1) is 0 Å². The maximum atomic E-state index is 3.62. The van der Waals surface area contributed by atoms with Crippen molar-refractivity contribution in [2.45, 2.75) is 0 Å². The summed E-state index contributed by atoms with van der Waals surface area (Å²) in [5.74, 6) is 0. The minimum absolute atomic E-state index is 1.03. The van der Waals surface area contributed by atoms with Gasteiger partial charge in [0.05, 0.1) is 22.1 Å². The molecule has 3 nitrogen and oxygen atoms in total. The van der Waals surface area contributed by atoms with Gasteiger partial charge in [-0.05, 0) is 140 Å². The topological polar surface area (TPSA) is 21.9 Å². The van der Waals surface area contributed by atoms with Crippen LogP contribution in [0.5, 0.6) is 0 Å². The number of hydrogen-bond donors (Lipinski definition) is 1. The van der Waals surface area contributed by atoms with Crippen LogP contribution in [0.1, 0.15) is 33.4 Å². The predicted octanol–water partition coefficient (Wildman–Crippen LogP) is 17.6. The number of benzene rings is 10. The van der Waals surface area contributed by atoms with Gasteiger partial charge in [-0.3, -0.25) is 0 Å². The number of nitrogens with zero attached hydrogens (tertiary/aromatic N) is 2. The highest BCUT2D eigenvalue weighted by Gasteiger charge is 2.27. The second-order valence-corrected chi connectivity index (χ2v) is 18.1. The molecule has 0 fully saturated rings. The van der Waals surface area contributed by atoms with Crippen molar-refractivity contribution in [3.63, 3.8) is 0 Å². The smallest absolute Gasteiger partial charge is 0.0542 e. The first-order valence-electron chi connectivity index (χ1n) is 24.3. The standard InChI is InChI=1S/C68H47N3/c1-5-20-49(21-6-1)67(50-22-7-2-8-23-50)68-59-32-14-13-29-55(59)56-40-36-47(44-62(56)68)35-37-48(51-38-41-65-60(45-51)57-30-15-17-33-63(57)70(65)53-25-9-3-10-26-53)24-19-43-69-52-39-42-66-61(46-52)58-31-16-18-34-64(58)71(66)54-27-11-4-12-28-54/h1-46,69H/b37-35-,43-19+,48-24+. The van der Waals surface area contributed by atoms with E-state index in [1.807, 2.05) is 6.20 Å². The van der Waals surface area contributed by atoms with E-state index in [9.17, 15) is 0 Å². The molecule has 1 N–H and O–H groups in total. The van der Waals surface area contributed by atoms with Crippen molar-refractivity contribution in [2.75, 3.05) is 5.32 Å². The summed E-state index contributed by atoms with van der Waals surface area (Å²) in [6.07, 6.45) is 10.9. The van der Waals surface area contributed by atoms with Gasteiger partial charge in [0, 0.05) is 44.8 Å². The highest BCUT2D eigenvalue weighted by molar-refractivity contribution is 6.14. The van der Waals surface area contributed by atoms with Gasteiger partial charge in [-0.1, -0.05) is 194 Å². The normalized spacial score (nSPS) is 12.5. The van der Waals surface area contributed by atoms with Crippen LogP contribution in [-0.4, -0.2) is 9.13 Å². The molecule has 10 aromatic carbocycles. The van der Waals surface area contributed by atoms with Gasteiger partial charge in [0.15, 0.2) is 0 Å². The molecule has 1 aliphatic carbocycles. The third kappa shape index (κ3) is 7.49. The first-order chi connectivity index (χ1) is 35.2. The molecule has 1 aliphatic rings. The van der Waals surface area contributed by atoms with Crippen LogP contribution in [0, 0.1) is 0 Å². The fraction of sp³-hybridized carbons (Fsp3) is 0. The zero-order valence-corrected chi connectivity index (χ0v) is 39.0. The number of hydrogen-bond acceptors (Lipinski definition) is 1. The van der Waals surface area contributed by atoms with Gasteiger partial charge in [-0.25, -0.2) is 0 Å². The van der Waals surface area contributed by atoms with Gasteiger partial charge < -0.3 is 14.5 Å². The summed E-state index contributed by atoms with van der Waals surface area (Å²) in [5.41, 5.74) is 21.3. The fourth-order valence-electron chi connectivity index (χ4n) is 10.8. The third-order valence-electron chi connectivity index (χ3n) is 14.0. The lowest BCUT2D eigenvalue weighted by atomic mass is 9.88. The molecule has 71 heavy (non-hydrogen) atoms. The van der Waals surface area contributed by atoms with E-state index in [0.29, 0.717) is 0 Å². The van der Waals surface area contributed by atoms with Crippen molar-refractivity contribution in [3.8, 4) is 22.5 Å². The van der Waals surface area contributed by atoms with Gasteiger partial charge in [0.25, 0.3) is 0 Å². The predicted molar refractivity (Wildman–Crippen MR) is 301 cm³/mol. The number of allylic oxidation sites excluding steroid dienone is 4. The summed E-state index contributed by atoms with van der Waals surface area (Å²) in [6.45, 7) is 0. The van der Waals surface area contributed by atoms with Crippen LogP contribution >= 0.6 is 0 Å². The average Bonchev–Trinajstić information content (AvgIpc) is 4.07. The summed E-state index contributed by atoms with van der Waals surface area (Å²) in [7, 11) is 0. The maximum Gasteiger partial charge on any atom is 0.0542 e. The summed E-state index contributed by atoms with van der Waals surface area (Å²) in [6, 6.07) is 89.7. The molecule has 0 aliphatic heterocycles. The Kier molecular flexibility index (Phi) is 10.5. The summed E-state index contributed by atoms with van der Waals surface area (Å²) in [5, 5.41) is 8.49. The molecule has 0 radical (unpaired) electrons. The number of fused-ring (bicyclic) bond motifs is 9. The van der Waals surface area contributed by atoms with Gasteiger partial charge in [-0.2, -0.15) is 0 Å². The lowest BCUT2D eigenvalue weighted by Gasteiger charge is -2.15. The average molecular weight is 906 g/mol. The molecule has 0 saturated heterocycles. The second-order valence-electron chi connectivity index (χ2n) is 18.1. The summed E-state index contributed by atoms with van der Waals surface area (Å²) < 4.78 is 4.72. The molecular formula is C68H47N3. The van der Waals surface area contributed by atoms with E-state index in [-0.39, 0.29) is 0 Å². The molecule has 2 heterocycles. The largest absolute Gasteiger partial charge is 0.362 e. The third-order valence-corrected chi connectivity index (χ3v) is 14.0. The Labute approximate surface area is 413 Å². The van der Waals surface area contributed by atoms with Gasteiger partial charge in [0.1, 0.15) is 0 Å². The van der Waals surface area contributed by atoms with E-state index < -0.39 is 0 Å². The molecule has 0 spiro atoms. The number of aromatic nitrogens is 2. The molecule has 0 unspecified atom stereocenters. The van der Waals surface area contributed by atoms with Crippen LogP contribution < -0.4 is 5.32 Å². The van der Waals surface area contributed by atoms with Crippen molar-refractivity contribution in [1.29, 1.82) is 0 Å². The Balaban J connectivity index is 0.917. The SMILES string of the molecule is C(=C/c1ccc2c(c1)C(=C(c1ccccc1)c1ccccc1)c1ccccc1-2)/C(=C\C=C\Nc1ccc2c(c1)c1ccccc1n2-c1ccccc1)c1ccc2c(c1)c1ccccc1n2-c1ccccc1. The molecule has 334 valence electrons. The molecule has 0 saturated carbocycles. The van der Waals surface area contributed by atoms with Crippen molar-refractivity contribution >= 4 is 72.1 Å². The van der Waals surface area contributed by atoms with Crippen molar-refractivity contribution < 1.29 is 0 Å². The van der Waals surface area contributed by atoms with Crippen LogP contribution in [0.25, 0.3) is 88.9 Å². The molecular weight excluding hydrogens is 859 g/mol. The van der Waals surface area contributed by atoms with Crippen LogP contribution in [0.4, 0.5) is 5.69 Å². The highest BCUT2D eigenvalue weighted by atomic mass is 15.0. The maximum absolute atomic E-state index is 3.62. The molecule has 3 heteroatoms. The van der Waals surface area contributed by atoms with E-state index in [2.05, 4.69) is 287 Å². The minimum Gasteiger partial charge on any atom is -0.362 e. The first kappa shape index (κ1) is 41.7. The molecule has 13 rings (SSSR count). The number of anilines is 1. The second kappa shape index (κ2) is 17.9. The molecule has 0 atom stereocenters. The van der Waals surface area contributed by atoms with E-state index in [1.165, 1.54) is 88.1 Å². The molecule has 0 amide bonds. The number of nitrogens with one attached hydrogen (secondary N) is 1. The highest BCUT2D eigenvalue weighted by Crippen LogP contribution is 2.49. The molecule has 12 aromatic rings. The minimum atomic E-state index is 1.03. The van der Waals surface area contributed by atoms with Crippen LogP contribution in [-0.2, 0) is 0 Å². The van der Waals surface area contributed by atoms with E-state index in [4.69, 9.17) is 0 Å². The fourth-order valence-corrected chi connectivity index (χ4v) is 10.8. The lowest BCUT2D eigenvalue weighted by molar-refractivity contribution is 1.18. The monoisotopic (exact) mass is 905 g/mol. The van der Waals surface area contributed by atoms with Crippen LogP contribution in [0.2, 0.25) is 0 Å². The van der Waals surface area contributed by atoms with Gasteiger partial charge >= 0.3 is 0 Å². The van der Waals surface area contributed by atoms with Crippen LogP contribution in [0.15, 0.2) is 273 Å². The zero-order valence-electron chi connectivity index (χ0n) is 39.0. The lowest BCUT2D eigenvalue weighted by Crippen LogP contribution is -1.94. The van der Waals surface area contributed by atoms with E-state index in [0.717, 1.165) is 33.8 Å². The molecule has 0 bridgehead atoms. The Hall–Kier alpha value is -9.44. The molecule has 2 aromatic heterocycles. The Morgan fingerprint density at radius 3 is 1.51 bits per heavy atom. The quantitative estimate of drug-likeness (QED) is 0.136. The van der Waals surface area contributed by atoms with Gasteiger partial charge in [0.2, 0.25) is 0 Å². The van der Waals surface area contributed by atoms with Crippen molar-refractivity contribution in [3.05, 3.63) is 307 Å². The number of rotatable bonds is 10. The summed E-state index contributed by atoms with van der Waals surface area (Å²) in [4.78, 5) is 0. The van der Waals surface area contributed by atoms with E-state index >= 15 is 0 Å². The Morgan fingerprint density at radius 1 is 0.366 bits per heavy atom. The van der Waals surface area contributed by atoms with Crippen LogP contribution in [0.3, 0.4) is 0 Å². The Morgan fingerprint density at radius 2 is 0.873 bits per heavy atom. The Bertz CT molecular complexity index is 4050. The summed E-state index contributed by atoms with van der Waals surface area (Å²) >= 11 is 0. The van der Waals surface area contributed by atoms with Crippen molar-refractivity contribution in [2.24, 2.45) is 0 Å². The van der Waals surface area contributed by atoms with E-state index in [1.54, 1.807) is 0 Å². The van der Waals surface area contributed by atoms with Crippen molar-refractivity contribution in [1.82, 2.24) is 9.13 Å².